The van der Waals surface area contributed by atoms with Gasteiger partial charge in [-0.3, -0.25) is 19.4 Å². The van der Waals surface area contributed by atoms with Gasteiger partial charge in [0, 0.05) is 48.7 Å². The third-order valence-corrected chi connectivity index (χ3v) is 12.8. The summed E-state index contributed by atoms with van der Waals surface area (Å²) < 4.78 is 80.3. The molecule has 6 aromatic carbocycles. The van der Waals surface area contributed by atoms with E-state index in [1.54, 1.807) is 51.5 Å². The van der Waals surface area contributed by atoms with Crippen LogP contribution in [-0.4, -0.2) is 82.6 Å². The van der Waals surface area contributed by atoms with E-state index in [1.807, 2.05) is 119 Å². The topological polar surface area (TPSA) is 132 Å². The molecule has 0 radical (unpaired) electrons. The zero-order valence-corrected chi connectivity index (χ0v) is 40.7. The number of likely N-dealkylation sites (tertiary alicyclic amines) is 2. The molecule has 1 N–H and O–H groups in total. The summed E-state index contributed by atoms with van der Waals surface area (Å²) in [5.74, 6) is -4.40. The van der Waals surface area contributed by atoms with E-state index >= 15 is 0 Å². The molecule has 3 heterocycles. The van der Waals surface area contributed by atoms with Crippen LogP contribution in [0.1, 0.15) is 65.9 Å². The number of urea groups is 2. The number of anilines is 2. The molecule has 12 nitrogen and oxygen atoms in total. The van der Waals surface area contributed by atoms with E-state index in [4.69, 9.17) is 4.42 Å². The van der Waals surface area contributed by atoms with Gasteiger partial charge in [-0.2, -0.15) is 26.3 Å². The van der Waals surface area contributed by atoms with Crippen LogP contribution < -0.4 is 15.1 Å². The molecular formula is C57H53F6N7O5. The number of alkyl halides is 6. The van der Waals surface area contributed by atoms with Gasteiger partial charge in [0.2, 0.25) is 5.89 Å². The van der Waals surface area contributed by atoms with E-state index in [-0.39, 0.29) is 30.1 Å². The average molecular weight is 1030 g/mol. The van der Waals surface area contributed by atoms with Gasteiger partial charge in [0.15, 0.2) is 5.78 Å². The monoisotopic (exact) mass is 1030 g/mol. The number of hydrogen-bond acceptors (Lipinski definition) is 7. The molecule has 5 amide bonds. The van der Waals surface area contributed by atoms with Crippen molar-refractivity contribution in [1.29, 1.82) is 0 Å². The minimum Gasteiger partial charge on any atom is -0.413 e. The van der Waals surface area contributed by atoms with Gasteiger partial charge in [-0.1, -0.05) is 121 Å². The molecule has 2 saturated heterocycles. The molecule has 75 heavy (non-hydrogen) atoms. The Morgan fingerprint density at radius 1 is 0.493 bits per heavy atom. The predicted octanol–water partition coefficient (Wildman–Crippen LogP) is 12.9. The molecule has 7 aromatic rings. The Morgan fingerprint density at radius 3 is 1.29 bits per heavy atom. The molecular weight excluding hydrogens is 977 g/mol. The number of carbonyl (C=O) groups excluding carboxylic acids is 4. The average Bonchev–Trinajstić information content (AvgIpc) is 3.96. The van der Waals surface area contributed by atoms with Crippen molar-refractivity contribution in [3.8, 4) is 33.7 Å². The smallest absolute Gasteiger partial charge is 0.413 e. The molecule has 2 fully saturated rings. The highest BCUT2D eigenvalue weighted by Gasteiger charge is 2.39. The summed E-state index contributed by atoms with van der Waals surface area (Å²) in [6.07, 6.45) is -3.68. The first kappa shape index (κ1) is 53.0. The number of benzene rings is 6. The van der Waals surface area contributed by atoms with Crippen LogP contribution in [0.15, 0.2) is 162 Å². The van der Waals surface area contributed by atoms with Crippen LogP contribution in [-0.2, 0) is 24.1 Å². The van der Waals surface area contributed by atoms with Crippen LogP contribution in [0.25, 0.3) is 33.7 Å². The van der Waals surface area contributed by atoms with Crippen LogP contribution in [0.3, 0.4) is 0 Å². The van der Waals surface area contributed by atoms with Crippen molar-refractivity contribution in [1.82, 2.24) is 25.3 Å². The molecule has 0 saturated carbocycles. The minimum absolute atomic E-state index is 0.0667. The van der Waals surface area contributed by atoms with Gasteiger partial charge in [-0.15, -0.1) is 10.2 Å². The first-order chi connectivity index (χ1) is 36.1. The number of ketones is 1. The van der Waals surface area contributed by atoms with Crippen molar-refractivity contribution < 1.29 is 49.9 Å². The number of nitrogens with zero attached hydrogens (tertiary/aromatic N) is 6. The summed E-state index contributed by atoms with van der Waals surface area (Å²) in [7, 11) is 0. The van der Waals surface area contributed by atoms with Gasteiger partial charge >= 0.3 is 36.2 Å². The Kier molecular flexibility index (Phi) is 17.1. The Bertz CT molecular complexity index is 3000. The number of Topliss-reactive ketones (excluding diaryl/α,β-unsaturated/α-hetero) is 1. The number of aromatic nitrogens is 2. The molecule has 388 valence electrons. The summed E-state index contributed by atoms with van der Waals surface area (Å²) in [5, 5.41) is 8.17. The SMILES string of the molecule is O=C(CNC(=O)C(F)(F)F)c1ccc(CN(C(=O)N2CCCCC2)c2ccc(-c3ccccc3)cc2)cc1.O=C(N1CCCCC1)N(Cc1ccc(-c2nnc(C(F)(F)F)o2)cc1)c1ccc(-c2ccccc2)cc1. The number of rotatable bonds is 12. The fraction of sp³-hybridized carbons (Fsp3) is 0.263. The highest BCUT2D eigenvalue weighted by atomic mass is 19.4. The number of nitrogens with one attached hydrogen (secondary N) is 1. The van der Waals surface area contributed by atoms with Crippen LogP contribution in [0.4, 0.5) is 47.3 Å². The predicted molar refractivity (Wildman–Crippen MR) is 272 cm³/mol. The van der Waals surface area contributed by atoms with Gasteiger partial charge in [-0.05, 0) is 108 Å². The third kappa shape index (κ3) is 14.1. The van der Waals surface area contributed by atoms with Crippen molar-refractivity contribution in [2.75, 3.05) is 42.5 Å². The molecule has 1 aromatic heterocycles. The first-order valence-corrected chi connectivity index (χ1v) is 24.5. The number of hydrogen-bond donors (Lipinski definition) is 1. The number of amides is 5. The molecule has 2 aliphatic heterocycles. The van der Waals surface area contributed by atoms with Gasteiger partial charge in [0.1, 0.15) is 0 Å². The van der Waals surface area contributed by atoms with E-state index in [1.165, 1.54) is 12.1 Å². The van der Waals surface area contributed by atoms with Crippen LogP contribution in [0.2, 0.25) is 0 Å². The molecule has 18 heteroatoms. The van der Waals surface area contributed by atoms with E-state index in [0.717, 1.165) is 96.4 Å². The Morgan fingerprint density at radius 2 is 0.893 bits per heavy atom. The standard InChI is InChI=1S/C29H28F3N3O3.C28H25F3N4O2/c30-29(31,32)27(37)33-19-26(36)24-11-9-21(10-12-24)20-35(28(38)34-17-5-2-6-18-34)25-15-13-23(14-16-25)22-7-3-1-4-8-22;29-28(30,31)26-33-32-25(37-26)23-11-9-20(10-12-23)19-35(27(36)34-17-5-2-6-18-34)24-15-13-22(14-16-24)21-7-3-1-4-8-21/h1,3-4,7-16H,2,5-6,17-20H2,(H,33,37);1,3-4,7-16H,2,5-6,17-19H2. The van der Waals surface area contributed by atoms with Crippen molar-refractivity contribution in [2.45, 2.75) is 64.0 Å². The van der Waals surface area contributed by atoms with E-state index in [0.29, 0.717) is 25.2 Å². The summed E-state index contributed by atoms with van der Waals surface area (Å²) in [6, 6.07) is 48.4. The zero-order chi connectivity index (χ0) is 53.0. The molecule has 2 aliphatic rings. The molecule has 0 unspecified atom stereocenters. The van der Waals surface area contributed by atoms with Gasteiger partial charge in [0.25, 0.3) is 0 Å². The van der Waals surface area contributed by atoms with E-state index < -0.39 is 36.5 Å². The third-order valence-electron chi connectivity index (χ3n) is 12.8. The van der Waals surface area contributed by atoms with Gasteiger partial charge in [-0.25, -0.2) is 9.59 Å². The lowest BCUT2D eigenvalue weighted by molar-refractivity contribution is -0.173. The summed E-state index contributed by atoms with van der Waals surface area (Å²) >= 11 is 0. The van der Waals surface area contributed by atoms with Crippen LogP contribution in [0.5, 0.6) is 0 Å². The highest BCUT2D eigenvalue weighted by molar-refractivity contribution is 6.00. The number of carbonyl (C=O) groups is 4. The van der Waals surface area contributed by atoms with E-state index in [9.17, 15) is 45.5 Å². The van der Waals surface area contributed by atoms with Crippen molar-refractivity contribution in [3.05, 3.63) is 180 Å². The lowest BCUT2D eigenvalue weighted by Crippen LogP contribution is -2.45. The lowest BCUT2D eigenvalue weighted by atomic mass is 10.0. The normalized spacial score (nSPS) is 13.8. The van der Waals surface area contributed by atoms with Crippen molar-refractivity contribution in [3.63, 3.8) is 0 Å². The van der Waals surface area contributed by atoms with Gasteiger partial charge in [0.05, 0.1) is 19.6 Å². The Labute approximate surface area is 429 Å². The second-order valence-electron chi connectivity index (χ2n) is 18.1. The second kappa shape index (κ2) is 24.2. The molecule has 0 bridgehead atoms. The maximum Gasteiger partial charge on any atom is 0.471 e. The minimum atomic E-state index is -5.05. The Hall–Kier alpha value is -8.28. The molecule has 9 rings (SSSR count). The fourth-order valence-electron chi connectivity index (χ4n) is 8.71. The number of piperidine rings is 2. The Balaban J connectivity index is 0.000000199. The van der Waals surface area contributed by atoms with E-state index in [2.05, 4.69) is 10.2 Å². The van der Waals surface area contributed by atoms with Crippen LogP contribution >= 0.6 is 0 Å². The first-order valence-electron chi connectivity index (χ1n) is 24.5. The molecule has 0 spiro atoms. The van der Waals surface area contributed by atoms with Crippen molar-refractivity contribution >= 4 is 35.1 Å². The maximum atomic E-state index is 13.6. The highest BCUT2D eigenvalue weighted by Crippen LogP contribution is 2.32. The second-order valence-corrected chi connectivity index (χ2v) is 18.1. The largest absolute Gasteiger partial charge is 0.471 e. The summed E-state index contributed by atoms with van der Waals surface area (Å²) in [4.78, 5) is 57.5. The van der Waals surface area contributed by atoms with Crippen LogP contribution in [0, 0.1) is 0 Å². The summed E-state index contributed by atoms with van der Waals surface area (Å²) in [5.41, 5.74) is 7.84. The molecule has 0 atom stereocenters. The quantitative estimate of drug-likeness (QED) is 0.0952. The fourth-order valence-corrected chi connectivity index (χ4v) is 8.71. The molecule has 0 aliphatic carbocycles. The lowest BCUT2D eigenvalue weighted by Gasteiger charge is -2.33. The number of halogens is 6. The van der Waals surface area contributed by atoms with Crippen molar-refractivity contribution in [2.24, 2.45) is 0 Å². The zero-order valence-electron chi connectivity index (χ0n) is 40.7. The summed E-state index contributed by atoms with van der Waals surface area (Å²) in [6.45, 7) is 2.61. The maximum absolute atomic E-state index is 13.6. The van der Waals surface area contributed by atoms with Gasteiger partial charge < -0.3 is 19.5 Å².